The van der Waals surface area contributed by atoms with Gasteiger partial charge in [-0.3, -0.25) is 9.78 Å². The minimum atomic E-state index is -1.23. The molecule has 0 unspecified atom stereocenters. The Morgan fingerprint density at radius 3 is 2.66 bits per heavy atom. The molecule has 0 radical (unpaired) electrons. The Balaban J connectivity index is 1.74. The second kappa shape index (κ2) is 9.84. The van der Waals surface area contributed by atoms with Crippen LogP contribution in [0.1, 0.15) is 38.3 Å². The number of aliphatic hydroxyl groups is 1. The molecule has 2 fully saturated rings. The fourth-order valence-electron chi connectivity index (χ4n) is 4.25. The van der Waals surface area contributed by atoms with Crippen LogP contribution in [0.4, 0.5) is 0 Å². The van der Waals surface area contributed by atoms with Crippen molar-refractivity contribution in [2.45, 2.75) is 56.8 Å². The number of β-lactam (4-membered cyclic amide) rings is 1. The predicted octanol–water partition coefficient (Wildman–Crippen LogP) is 1.75. The zero-order valence-corrected chi connectivity index (χ0v) is 17.5. The van der Waals surface area contributed by atoms with Gasteiger partial charge in [-0.2, -0.15) is 0 Å². The molecule has 2 heterocycles. The molecule has 162 valence electrons. The van der Waals surface area contributed by atoms with Crippen LogP contribution in [0.5, 0.6) is 5.75 Å². The topological polar surface area (TPSA) is 90.4 Å². The van der Waals surface area contributed by atoms with Crippen LogP contribution in [0, 0.1) is 5.92 Å². The quantitative estimate of drug-likeness (QED) is 0.466. The molecule has 1 aliphatic carbocycles. The summed E-state index contributed by atoms with van der Waals surface area (Å²) in [6.45, 7) is 2.08. The molecule has 1 N–H and O–H groups in total. The highest BCUT2D eigenvalue weighted by atomic mass is 16.7. The smallest absolute Gasteiger partial charge is 0.259 e. The summed E-state index contributed by atoms with van der Waals surface area (Å²) in [5.74, 6) is 1.26. The summed E-state index contributed by atoms with van der Waals surface area (Å²) in [4.78, 5) is 18.7. The van der Waals surface area contributed by atoms with Gasteiger partial charge in [0.15, 0.2) is 5.60 Å². The normalized spacial score (nSPS) is 29.6. The van der Waals surface area contributed by atoms with Crippen LogP contribution in [0.25, 0.3) is 0 Å². The number of carbonyl (C=O) groups excluding carboxylic acids is 1. The molecule has 1 amide bonds. The summed E-state index contributed by atoms with van der Waals surface area (Å²) in [5, 5.41) is 9.89. The Morgan fingerprint density at radius 2 is 2.00 bits per heavy atom. The summed E-state index contributed by atoms with van der Waals surface area (Å²) in [5.41, 5.74) is -0.554. The lowest BCUT2D eigenvalue weighted by molar-refractivity contribution is -0.237. The lowest BCUT2D eigenvalue weighted by Crippen LogP contribution is -2.77. The van der Waals surface area contributed by atoms with E-state index >= 15 is 0 Å². The van der Waals surface area contributed by atoms with Crippen LogP contribution in [-0.4, -0.2) is 73.0 Å². The van der Waals surface area contributed by atoms with Gasteiger partial charge >= 0.3 is 0 Å². The highest BCUT2D eigenvalue weighted by Gasteiger charge is 2.62. The number of aliphatic hydroxyl groups excluding tert-OH is 1. The van der Waals surface area contributed by atoms with Gasteiger partial charge in [-0.15, -0.1) is 0 Å². The largest absolute Gasteiger partial charge is 0.490 e. The van der Waals surface area contributed by atoms with Crippen LogP contribution in [0.2, 0.25) is 0 Å². The summed E-state index contributed by atoms with van der Waals surface area (Å²) >= 11 is 0. The number of hydrogen-bond acceptors (Lipinski definition) is 7. The van der Waals surface area contributed by atoms with Crippen molar-refractivity contribution in [2.24, 2.45) is 5.92 Å². The maximum atomic E-state index is 12.9. The van der Waals surface area contributed by atoms with Crippen molar-refractivity contribution in [1.29, 1.82) is 0 Å². The van der Waals surface area contributed by atoms with E-state index in [1.54, 1.807) is 6.20 Å². The molecule has 1 aliphatic heterocycles. The van der Waals surface area contributed by atoms with E-state index in [4.69, 9.17) is 18.9 Å². The third-order valence-electron chi connectivity index (χ3n) is 5.91. The van der Waals surface area contributed by atoms with Crippen LogP contribution in [0.3, 0.4) is 0 Å². The first-order chi connectivity index (χ1) is 14.0. The molecule has 2 aliphatic rings. The van der Waals surface area contributed by atoms with Gasteiger partial charge in [-0.05, 0) is 37.7 Å². The number of amides is 1. The fourth-order valence-corrected chi connectivity index (χ4v) is 4.25. The number of carbonyl (C=O) groups is 1. The molecular formula is C21H32N2O6. The summed E-state index contributed by atoms with van der Waals surface area (Å²) in [7, 11) is 3.00. The first-order valence-corrected chi connectivity index (χ1v) is 10.2. The van der Waals surface area contributed by atoms with Gasteiger partial charge in [0.25, 0.3) is 5.91 Å². The van der Waals surface area contributed by atoms with Crippen molar-refractivity contribution in [3.8, 4) is 5.75 Å². The monoisotopic (exact) mass is 408 g/mol. The van der Waals surface area contributed by atoms with Gasteiger partial charge in [-0.25, -0.2) is 0 Å². The number of likely N-dealkylation sites (tertiary alicyclic amines) is 1. The maximum absolute atomic E-state index is 12.9. The maximum Gasteiger partial charge on any atom is 0.259 e. The Hall–Kier alpha value is -1.74. The molecule has 8 nitrogen and oxygen atoms in total. The number of hydrogen-bond donors (Lipinski definition) is 1. The second-order valence-electron chi connectivity index (χ2n) is 7.99. The molecule has 1 saturated carbocycles. The molecule has 0 bridgehead atoms. The van der Waals surface area contributed by atoms with E-state index in [1.807, 2.05) is 12.1 Å². The van der Waals surface area contributed by atoms with Crippen LogP contribution in [0.15, 0.2) is 18.3 Å². The molecule has 1 aromatic rings. The number of pyridine rings is 1. The van der Waals surface area contributed by atoms with Crippen LogP contribution >= 0.6 is 0 Å². The third-order valence-corrected chi connectivity index (χ3v) is 5.91. The van der Waals surface area contributed by atoms with Crippen molar-refractivity contribution in [3.63, 3.8) is 0 Å². The third kappa shape index (κ3) is 4.71. The fraction of sp³-hybridized carbons (Fsp3) is 0.714. The Morgan fingerprint density at radius 1 is 1.24 bits per heavy atom. The average molecular weight is 408 g/mol. The van der Waals surface area contributed by atoms with Crippen molar-refractivity contribution < 1.29 is 28.8 Å². The van der Waals surface area contributed by atoms with Gasteiger partial charge in [0, 0.05) is 38.6 Å². The van der Waals surface area contributed by atoms with Crippen molar-refractivity contribution in [2.75, 3.05) is 34.4 Å². The van der Waals surface area contributed by atoms with Gasteiger partial charge in [0.2, 0.25) is 0 Å². The zero-order valence-electron chi connectivity index (χ0n) is 17.5. The first kappa shape index (κ1) is 22.0. The Labute approximate surface area is 172 Å². The molecule has 1 aromatic heterocycles. The van der Waals surface area contributed by atoms with Gasteiger partial charge in [0.1, 0.15) is 19.3 Å². The Bertz CT molecular complexity index is 679. The van der Waals surface area contributed by atoms with Gasteiger partial charge in [0.05, 0.1) is 18.8 Å². The van der Waals surface area contributed by atoms with E-state index in [0.717, 1.165) is 24.5 Å². The number of ether oxygens (including phenoxy) is 4. The molecule has 0 aromatic carbocycles. The highest BCUT2D eigenvalue weighted by Crippen LogP contribution is 2.38. The van der Waals surface area contributed by atoms with Gasteiger partial charge < -0.3 is 29.0 Å². The van der Waals surface area contributed by atoms with Crippen LogP contribution in [-0.2, 0) is 25.4 Å². The van der Waals surface area contributed by atoms with Crippen molar-refractivity contribution in [3.05, 3.63) is 24.0 Å². The van der Waals surface area contributed by atoms with E-state index in [1.165, 1.54) is 32.0 Å². The number of aromatic nitrogens is 1. The van der Waals surface area contributed by atoms with E-state index in [0.29, 0.717) is 5.69 Å². The van der Waals surface area contributed by atoms with Crippen molar-refractivity contribution >= 4 is 5.91 Å². The number of rotatable bonds is 10. The molecule has 2 atom stereocenters. The predicted molar refractivity (Wildman–Crippen MR) is 105 cm³/mol. The molecule has 0 spiro atoms. The van der Waals surface area contributed by atoms with Crippen LogP contribution < -0.4 is 4.74 Å². The summed E-state index contributed by atoms with van der Waals surface area (Å²) < 4.78 is 22.1. The summed E-state index contributed by atoms with van der Waals surface area (Å²) in [6.07, 6.45) is 6.59. The lowest BCUT2D eigenvalue weighted by atomic mass is 9.79. The molecule has 1 saturated heterocycles. The molecule has 8 heteroatoms. The second-order valence-corrected chi connectivity index (χ2v) is 7.99. The first-order valence-electron chi connectivity index (χ1n) is 10.2. The minimum Gasteiger partial charge on any atom is -0.490 e. The molecule has 29 heavy (non-hydrogen) atoms. The van der Waals surface area contributed by atoms with Crippen molar-refractivity contribution in [1.82, 2.24) is 9.88 Å². The lowest BCUT2D eigenvalue weighted by Gasteiger charge is -2.54. The minimum absolute atomic E-state index is 0.0560. The van der Waals surface area contributed by atoms with E-state index in [9.17, 15) is 9.90 Å². The standard InChI is InChI=1S/C21H32N2O6/c1-15-4-6-17(7-5-15)29-18-8-9-22-16(10-18)11-21(28-14-27-3)19(12-24)23(13-26-2)20(21)25/h8-10,15,17,19,24H,4-7,11-14H2,1-3H3/t15?,17?,19-,21-/m0/s1. The number of nitrogens with zero attached hydrogens (tertiary/aromatic N) is 2. The average Bonchev–Trinajstić information content (AvgIpc) is 2.73. The zero-order chi connectivity index (χ0) is 20.9. The molecular weight excluding hydrogens is 376 g/mol. The van der Waals surface area contributed by atoms with E-state index in [2.05, 4.69) is 11.9 Å². The summed E-state index contributed by atoms with van der Waals surface area (Å²) in [6, 6.07) is 3.17. The van der Waals surface area contributed by atoms with E-state index in [-0.39, 0.29) is 38.6 Å². The van der Waals surface area contributed by atoms with Gasteiger partial charge in [-0.1, -0.05) is 6.92 Å². The highest BCUT2D eigenvalue weighted by molar-refractivity contribution is 5.93. The van der Waals surface area contributed by atoms with E-state index < -0.39 is 11.6 Å². The Kier molecular flexibility index (Phi) is 7.45. The molecule has 3 rings (SSSR count). The number of methoxy groups -OCH3 is 2. The SMILES string of the molecule is COCO[C@]1(Cc2cc(OC3CCC(C)CC3)ccn2)C(=O)N(COC)[C@H]1CO.